The lowest BCUT2D eigenvalue weighted by Crippen LogP contribution is -2.20. The van der Waals surface area contributed by atoms with Crippen LogP contribution in [-0.2, 0) is 6.54 Å². The summed E-state index contributed by atoms with van der Waals surface area (Å²) in [6, 6.07) is 0. The van der Waals surface area contributed by atoms with Gasteiger partial charge in [0.2, 0.25) is 0 Å². The predicted molar refractivity (Wildman–Crippen MR) is 35.4 cm³/mol. The molecule has 1 heterocycles. The van der Waals surface area contributed by atoms with Crippen molar-refractivity contribution >= 4 is 0 Å². The molecule has 0 aliphatic heterocycles. The minimum absolute atomic E-state index is 0.404. The van der Waals surface area contributed by atoms with Crippen LogP contribution in [-0.4, -0.2) is 20.7 Å². The van der Waals surface area contributed by atoms with E-state index in [4.69, 9.17) is 0 Å². The summed E-state index contributed by atoms with van der Waals surface area (Å²) >= 11 is 0. The molecule has 0 N–H and O–H groups in total. The van der Waals surface area contributed by atoms with E-state index in [1.807, 2.05) is 0 Å². The van der Waals surface area contributed by atoms with Crippen molar-refractivity contribution in [1.82, 2.24) is 14.8 Å². The first-order valence-electron chi connectivity index (χ1n) is 3.21. The maximum absolute atomic E-state index is 12.4. The van der Waals surface area contributed by atoms with Crippen LogP contribution in [0.3, 0.4) is 0 Å². The fraction of sp³-hybridized carbons (Fsp3) is 0.667. The van der Waals surface area contributed by atoms with Crippen molar-refractivity contribution in [2.75, 3.05) is 0 Å². The van der Waals surface area contributed by atoms with Gasteiger partial charge in [-0.3, -0.25) is 0 Å². The molecule has 1 aromatic heterocycles. The van der Waals surface area contributed by atoms with Gasteiger partial charge < -0.3 is 0 Å². The van der Waals surface area contributed by atoms with Crippen LogP contribution in [0.2, 0.25) is 0 Å². The van der Waals surface area contributed by atoms with E-state index in [1.54, 1.807) is 6.92 Å². The molecule has 0 saturated heterocycles. The number of hydrogen-bond donors (Lipinski definition) is 0. The van der Waals surface area contributed by atoms with Crippen molar-refractivity contribution in [3.63, 3.8) is 0 Å². The van der Waals surface area contributed by atoms with Crippen LogP contribution in [0.5, 0.6) is 0 Å². The highest BCUT2D eigenvalue weighted by Gasteiger charge is 2.22. The van der Waals surface area contributed by atoms with Crippen LogP contribution >= 0.6 is 0 Å². The molecule has 0 aliphatic carbocycles. The van der Waals surface area contributed by atoms with Crippen LogP contribution in [0.15, 0.2) is 6.33 Å². The molecule has 0 fully saturated rings. The minimum atomic E-state index is -2.72. The number of halogens is 2. The highest BCUT2D eigenvalue weighted by Crippen LogP contribution is 2.13. The molecule has 11 heavy (non-hydrogen) atoms. The van der Waals surface area contributed by atoms with E-state index >= 15 is 0 Å². The summed E-state index contributed by atoms with van der Waals surface area (Å²) in [5.41, 5.74) is 0. The predicted octanol–water partition coefficient (Wildman–Crippen LogP) is 1.24. The third kappa shape index (κ3) is 2.25. The molecule has 0 aliphatic rings. The Morgan fingerprint density at radius 2 is 2.27 bits per heavy atom. The van der Waals surface area contributed by atoms with Gasteiger partial charge in [0.05, 0.1) is 0 Å². The van der Waals surface area contributed by atoms with E-state index in [2.05, 4.69) is 10.1 Å². The van der Waals surface area contributed by atoms with Gasteiger partial charge >= 0.3 is 0 Å². The van der Waals surface area contributed by atoms with E-state index in [-0.39, 0.29) is 0 Å². The third-order valence-electron chi connectivity index (χ3n) is 1.24. The maximum Gasteiger partial charge on any atom is 0.264 e. The Morgan fingerprint density at radius 1 is 1.64 bits per heavy atom. The van der Waals surface area contributed by atoms with E-state index in [0.717, 1.165) is 6.92 Å². The molecule has 0 aromatic carbocycles. The molecule has 0 saturated carbocycles. The lowest BCUT2D eigenvalue weighted by atomic mass is 10.4. The van der Waals surface area contributed by atoms with Crippen LogP contribution in [0.25, 0.3) is 0 Å². The number of alkyl halides is 2. The molecule has 1 aromatic rings. The van der Waals surface area contributed by atoms with Gasteiger partial charge in [0.25, 0.3) is 5.92 Å². The number of aromatic nitrogens is 3. The highest BCUT2D eigenvalue weighted by molar-refractivity contribution is 4.79. The standard InChI is InChI=1S/C6H9F2N3/c1-5-9-4-10-11(5)3-6(2,7)8/h4H,3H2,1-2H3. The fourth-order valence-corrected chi connectivity index (χ4v) is 0.740. The zero-order valence-corrected chi connectivity index (χ0v) is 6.38. The SMILES string of the molecule is Cc1ncnn1CC(C)(F)F. The molecule has 3 nitrogen and oxygen atoms in total. The van der Waals surface area contributed by atoms with Crippen molar-refractivity contribution in [3.05, 3.63) is 12.2 Å². The Bertz CT molecular complexity index is 238. The van der Waals surface area contributed by atoms with E-state index < -0.39 is 12.5 Å². The average molecular weight is 161 g/mol. The number of rotatable bonds is 2. The third-order valence-corrected chi connectivity index (χ3v) is 1.24. The number of nitrogens with zero attached hydrogens (tertiary/aromatic N) is 3. The second kappa shape index (κ2) is 2.56. The molecule has 62 valence electrons. The molecule has 1 rings (SSSR count). The quantitative estimate of drug-likeness (QED) is 0.653. The molecule has 5 heteroatoms. The molecular formula is C6H9F2N3. The minimum Gasteiger partial charge on any atom is -0.244 e. The van der Waals surface area contributed by atoms with Gasteiger partial charge in [0, 0.05) is 6.92 Å². The summed E-state index contributed by atoms with van der Waals surface area (Å²) in [7, 11) is 0. The summed E-state index contributed by atoms with van der Waals surface area (Å²) in [5.74, 6) is -2.22. The number of aryl methyl sites for hydroxylation is 1. The van der Waals surface area contributed by atoms with Gasteiger partial charge in [-0.1, -0.05) is 0 Å². The Kier molecular flexibility index (Phi) is 1.89. The van der Waals surface area contributed by atoms with Gasteiger partial charge in [-0.05, 0) is 6.92 Å². The second-order valence-electron chi connectivity index (χ2n) is 2.54. The Labute approximate surface area is 63.0 Å². The van der Waals surface area contributed by atoms with Gasteiger partial charge in [0.15, 0.2) is 0 Å². The second-order valence-corrected chi connectivity index (χ2v) is 2.54. The van der Waals surface area contributed by atoms with E-state index in [9.17, 15) is 8.78 Å². The largest absolute Gasteiger partial charge is 0.264 e. The van der Waals surface area contributed by atoms with Crippen molar-refractivity contribution < 1.29 is 8.78 Å². The number of hydrogen-bond acceptors (Lipinski definition) is 2. The molecule has 0 amide bonds. The highest BCUT2D eigenvalue weighted by atomic mass is 19.3. The summed E-state index contributed by atoms with van der Waals surface area (Å²) in [5, 5.41) is 3.63. The summed E-state index contributed by atoms with van der Waals surface area (Å²) in [6.45, 7) is 2.09. The van der Waals surface area contributed by atoms with E-state index in [0.29, 0.717) is 5.82 Å². The van der Waals surface area contributed by atoms with E-state index in [1.165, 1.54) is 11.0 Å². The van der Waals surface area contributed by atoms with Gasteiger partial charge in [-0.15, -0.1) is 0 Å². The molecule has 0 unspecified atom stereocenters. The maximum atomic E-state index is 12.4. The zero-order chi connectivity index (χ0) is 8.48. The van der Waals surface area contributed by atoms with Crippen molar-refractivity contribution in [2.24, 2.45) is 0 Å². The molecule has 0 atom stereocenters. The van der Waals surface area contributed by atoms with Crippen molar-refractivity contribution in [1.29, 1.82) is 0 Å². The topological polar surface area (TPSA) is 30.7 Å². The Balaban J connectivity index is 2.72. The lowest BCUT2D eigenvalue weighted by Gasteiger charge is -2.09. The van der Waals surface area contributed by atoms with Crippen molar-refractivity contribution in [2.45, 2.75) is 26.3 Å². The molecule has 0 spiro atoms. The summed E-state index contributed by atoms with van der Waals surface area (Å²) in [4.78, 5) is 3.72. The molecule has 0 bridgehead atoms. The van der Waals surface area contributed by atoms with Crippen LogP contribution in [0, 0.1) is 6.92 Å². The van der Waals surface area contributed by atoms with Crippen LogP contribution in [0.1, 0.15) is 12.7 Å². The summed E-state index contributed by atoms with van der Waals surface area (Å²) in [6.07, 6.45) is 1.26. The first-order valence-corrected chi connectivity index (χ1v) is 3.21. The monoisotopic (exact) mass is 161 g/mol. The Morgan fingerprint density at radius 3 is 2.64 bits per heavy atom. The van der Waals surface area contributed by atoms with Gasteiger partial charge in [-0.2, -0.15) is 5.10 Å². The molecular weight excluding hydrogens is 152 g/mol. The zero-order valence-electron chi connectivity index (χ0n) is 6.38. The average Bonchev–Trinajstić information content (AvgIpc) is 2.12. The summed E-state index contributed by atoms with van der Waals surface area (Å²) < 4.78 is 25.9. The molecule has 0 radical (unpaired) electrons. The fourth-order valence-electron chi connectivity index (χ4n) is 0.740. The van der Waals surface area contributed by atoms with Crippen LogP contribution < -0.4 is 0 Å². The lowest BCUT2D eigenvalue weighted by molar-refractivity contribution is -0.000122. The van der Waals surface area contributed by atoms with Gasteiger partial charge in [0.1, 0.15) is 18.7 Å². The Hall–Kier alpha value is -1.00. The van der Waals surface area contributed by atoms with Gasteiger partial charge in [-0.25, -0.2) is 18.4 Å². The first kappa shape index (κ1) is 8.10. The van der Waals surface area contributed by atoms with Crippen LogP contribution in [0.4, 0.5) is 8.78 Å². The van der Waals surface area contributed by atoms with Crippen molar-refractivity contribution in [3.8, 4) is 0 Å². The first-order chi connectivity index (χ1) is 4.99. The smallest absolute Gasteiger partial charge is 0.244 e. The normalized spacial score (nSPS) is 12.0.